The first-order valence-corrected chi connectivity index (χ1v) is 2.76. The average Bonchev–Trinajstić information content (AvgIpc) is 1.63. The number of rotatable bonds is 3. The molecular weight excluding hydrogens is 118 g/mol. The lowest BCUT2D eigenvalue weighted by molar-refractivity contribution is -0.119. The first kappa shape index (κ1) is 8.17. The van der Waals surface area contributed by atoms with E-state index in [1.807, 2.05) is 0 Å². The molecule has 0 radical (unpaired) electrons. The van der Waals surface area contributed by atoms with E-state index in [4.69, 9.17) is 10.8 Å². The SMILES string of the molecule is C/C=C/C(O)CC(N)=O. The van der Waals surface area contributed by atoms with Gasteiger partial charge >= 0.3 is 0 Å². The van der Waals surface area contributed by atoms with Crippen LogP contribution in [0.4, 0.5) is 0 Å². The normalized spacial score (nSPS) is 14.0. The van der Waals surface area contributed by atoms with Crippen LogP contribution in [0.1, 0.15) is 13.3 Å². The third-order valence-corrected chi connectivity index (χ3v) is 0.825. The zero-order chi connectivity index (χ0) is 7.28. The predicted octanol–water partition coefficient (Wildman–Crippen LogP) is -0.201. The Labute approximate surface area is 54.2 Å². The molecule has 0 heterocycles. The summed E-state index contributed by atoms with van der Waals surface area (Å²) < 4.78 is 0. The quantitative estimate of drug-likeness (QED) is 0.518. The second-order valence-corrected chi connectivity index (χ2v) is 1.76. The molecule has 0 aromatic heterocycles. The van der Waals surface area contributed by atoms with Gasteiger partial charge in [0.25, 0.3) is 0 Å². The number of aliphatic hydroxyl groups excluding tert-OH is 1. The maximum Gasteiger partial charge on any atom is 0.220 e. The molecule has 0 spiro atoms. The van der Waals surface area contributed by atoms with Crippen molar-refractivity contribution in [2.45, 2.75) is 19.4 Å². The molecule has 0 aliphatic rings. The molecule has 0 bridgehead atoms. The van der Waals surface area contributed by atoms with E-state index in [0.717, 1.165) is 0 Å². The Morgan fingerprint density at radius 3 is 2.78 bits per heavy atom. The third-order valence-electron chi connectivity index (χ3n) is 0.825. The smallest absolute Gasteiger partial charge is 0.220 e. The molecular formula is C6H11NO2. The number of hydrogen-bond acceptors (Lipinski definition) is 2. The molecule has 1 amide bonds. The molecule has 1 atom stereocenters. The minimum absolute atomic E-state index is 0.00431. The molecule has 0 aromatic carbocycles. The maximum atomic E-state index is 10.1. The second-order valence-electron chi connectivity index (χ2n) is 1.76. The van der Waals surface area contributed by atoms with Crippen molar-refractivity contribution >= 4 is 5.91 Å². The highest BCUT2D eigenvalue weighted by Gasteiger charge is 2.01. The summed E-state index contributed by atoms with van der Waals surface area (Å²) in [5, 5.41) is 8.83. The van der Waals surface area contributed by atoms with E-state index in [-0.39, 0.29) is 6.42 Å². The lowest BCUT2D eigenvalue weighted by Crippen LogP contribution is -2.17. The number of aliphatic hydroxyl groups is 1. The molecule has 0 saturated carbocycles. The fraction of sp³-hybridized carbons (Fsp3) is 0.500. The Kier molecular flexibility index (Phi) is 3.71. The van der Waals surface area contributed by atoms with Gasteiger partial charge in [0, 0.05) is 0 Å². The first-order valence-electron chi connectivity index (χ1n) is 2.76. The van der Waals surface area contributed by atoms with Gasteiger partial charge in [-0.15, -0.1) is 0 Å². The number of carbonyl (C=O) groups excluding carboxylic acids is 1. The number of nitrogens with two attached hydrogens (primary N) is 1. The molecule has 0 rings (SSSR count). The van der Waals surface area contributed by atoms with Crippen molar-refractivity contribution in [3.63, 3.8) is 0 Å². The van der Waals surface area contributed by atoms with E-state index in [1.54, 1.807) is 13.0 Å². The zero-order valence-electron chi connectivity index (χ0n) is 5.37. The van der Waals surface area contributed by atoms with Crippen LogP contribution in [0.2, 0.25) is 0 Å². The molecule has 0 saturated heterocycles. The molecule has 9 heavy (non-hydrogen) atoms. The third kappa shape index (κ3) is 5.03. The van der Waals surface area contributed by atoms with Crippen LogP contribution in [0.3, 0.4) is 0 Å². The number of hydrogen-bond donors (Lipinski definition) is 2. The van der Waals surface area contributed by atoms with Crippen molar-refractivity contribution in [1.29, 1.82) is 0 Å². The van der Waals surface area contributed by atoms with E-state index >= 15 is 0 Å². The van der Waals surface area contributed by atoms with E-state index in [1.165, 1.54) is 6.08 Å². The van der Waals surface area contributed by atoms with Crippen LogP contribution in [0.5, 0.6) is 0 Å². The zero-order valence-corrected chi connectivity index (χ0v) is 5.37. The van der Waals surface area contributed by atoms with Crippen LogP contribution < -0.4 is 5.73 Å². The highest BCUT2D eigenvalue weighted by atomic mass is 16.3. The summed E-state index contributed by atoms with van der Waals surface area (Å²) in [7, 11) is 0. The Hall–Kier alpha value is -0.830. The number of carbonyl (C=O) groups is 1. The monoisotopic (exact) mass is 129 g/mol. The first-order chi connectivity index (χ1) is 4.16. The van der Waals surface area contributed by atoms with Crippen LogP contribution >= 0.6 is 0 Å². The van der Waals surface area contributed by atoms with Gasteiger partial charge in [-0.2, -0.15) is 0 Å². The number of primary amides is 1. The summed E-state index contributed by atoms with van der Waals surface area (Å²) in [4.78, 5) is 10.1. The van der Waals surface area contributed by atoms with Gasteiger partial charge in [0.2, 0.25) is 5.91 Å². The largest absolute Gasteiger partial charge is 0.389 e. The molecule has 0 aliphatic heterocycles. The minimum Gasteiger partial charge on any atom is -0.389 e. The van der Waals surface area contributed by atoms with E-state index < -0.39 is 12.0 Å². The molecule has 0 fully saturated rings. The number of amides is 1. The van der Waals surface area contributed by atoms with Gasteiger partial charge in [-0.25, -0.2) is 0 Å². The standard InChI is InChI=1S/C6H11NO2/c1-2-3-5(8)4-6(7)9/h2-3,5,8H,4H2,1H3,(H2,7,9)/b3-2+. The van der Waals surface area contributed by atoms with Crippen LogP contribution in [0.15, 0.2) is 12.2 Å². The fourth-order valence-corrected chi connectivity index (χ4v) is 0.496. The van der Waals surface area contributed by atoms with Gasteiger partial charge in [-0.3, -0.25) is 4.79 Å². The maximum absolute atomic E-state index is 10.1. The molecule has 3 N–H and O–H groups in total. The Morgan fingerprint density at radius 1 is 1.89 bits per heavy atom. The Balaban J connectivity index is 3.50. The van der Waals surface area contributed by atoms with Gasteiger partial charge in [-0.1, -0.05) is 12.2 Å². The topological polar surface area (TPSA) is 63.3 Å². The van der Waals surface area contributed by atoms with Crippen LogP contribution in [-0.2, 0) is 4.79 Å². The molecule has 52 valence electrons. The average molecular weight is 129 g/mol. The van der Waals surface area contributed by atoms with Crippen LogP contribution in [0, 0.1) is 0 Å². The highest BCUT2D eigenvalue weighted by Crippen LogP contribution is 1.90. The predicted molar refractivity (Wildman–Crippen MR) is 34.6 cm³/mol. The van der Waals surface area contributed by atoms with Gasteiger partial charge in [0.05, 0.1) is 12.5 Å². The molecule has 3 heteroatoms. The fourth-order valence-electron chi connectivity index (χ4n) is 0.496. The second kappa shape index (κ2) is 4.09. The minimum atomic E-state index is -0.715. The highest BCUT2D eigenvalue weighted by molar-refractivity contribution is 5.74. The van der Waals surface area contributed by atoms with Crippen LogP contribution in [-0.4, -0.2) is 17.1 Å². The van der Waals surface area contributed by atoms with E-state index in [9.17, 15) is 4.79 Å². The van der Waals surface area contributed by atoms with Gasteiger partial charge < -0.3 is 10.8 Å². The van der Waals surface area contributed by atoms with Gasteiger partial charge in [0.15, 0.2) is 0 Å². The summed E-state index contributed by atoms with van der Waals surface area (Å²) in [6, 6.07) is 0. The summed E-state index contributed by atoms with van der Waals surface area (Å²) in [6.45, 7) is 1.77. The lowest BCUT2D eigenvalue weighted by Gasteiger charge is -1.98. The van der Waals surface area contributed by atoms with Crippen molar-refractivity contribution in [3.05, 3.63) is 12.2 Å². The summed E-state index contributed by atoms with van der Waals surface area (Å²) in [5.41, 5.74) is 4.79. The Bertz CT molecular complexity index is 120. The molecule has 1 unspecified atom stereocenters. The van der Waals surface area contributed by atoms with E-state index in [2.05, 4.69) is 0 Å². The summed E-state index contributed by atoms with van der Waals surface area (Å²) >= 11 is 0. The lowest BCUT2D eigenvalue weighted by atomic mass is 10.2. The van der Waals surface area contributed by atoms with Crippen molar-refractivity contribution in [3.8, 4) is 0 Å². The molecule has 0 aliphatic carbocycles. The van der Waals surface area contributed by atoms with Crippen molar-refractivity contribution in [2.24, 2.45) is 5.73 Å². The number of allylic oxidation sites excluding steroid dienone is 1. The van der Waals surface area contributed by atoms with Crippen molar-refractivity contribution in [2.75, 3.05) is 0 Å². The summed E-state index contributed by atoms with van der Waals surface area (Å²) in [6.07, 6.45) is 2.48. The van der Waals surface area contributed by atoms with Crippen LogP contribution in [0.25, 0.3) is 0 Å². The van der Waals surface area contributed by atoms with Gasteiger partial charge in [0.1, 0.15) is 0 Å². The van der Waals surface area contributed by atoms with Crippen molar-refractivity contribution < 1.29 is 9.90 Å². The molecule has 3 nitrogen and oxygen atoms in total. The van der Waals surface area contributed by atoms with E-state index in [0.29, 0.717) is 0 Å². The Morgan fingerprint density at radius 2 is 2.44 bits per heavy atom. The van der Waals surface area contributed by atoms with Crippen molar-refractivity contribution in [1.82, 2.24) is 0 Å². The summed E-state index contributed by atoms with van der Waals surface area (Å²) in [5.74, 6) is -0.486. The molecule has 0 aromatic rings. The van der Waals surface area contributed by atoms with Gasteiger partial charge in [-0.05, 0) is 6.92 Å².